The molecule has 2 bridgehead atoms. The van der Waals surface area contributed by atoms with Crippen LogP contribution in [0.15, 0.2) is 12.1 Å². The Morgan fingerprint density at radius 3 is 2.65 bits per heavy atom. The van der Waals surface area contributed by atoms with E-state index in [9.17, 15) is 0 Å². The van der Waals surface area contributed by atoms with Gasteiger partial charge in [-0.25, -0.2) is 0 Å². The standard InChI is InChI=1S/C12H14Cl2N2O/c13-7-4-9(15)10(5-8(7)14)16-11-3-6-1-2-12(11)17-6/h4-6,11-12,16H,1-3,15H2. The van der Waals surface area contributed by atoms with Gasteiger partial charge in [-0.3, -0.25) is 0 Å². The summed E-state index contributed by atoms with van der Waals surface area (Å²) in [7, 11) is 0. The minimum Gasteiger partial charge on any atom is -0.397 e. The molecule has 3 atom stereocenters. The lowest BCUT2D eigenvalue weighted by atomic mass is 9.95. The van der Waals surface area contributed by atoms with Crippen molar-refractivity contribution in [1.29, 1.82) is 0 Å². The van der Waals surface area contributed by atoms with Gasteiger partial charge in [0.1, 0.15) is 0 Å². The zero-order valence-corrected chi connectivity index (χ0v) is 10.8. The van der Waals surface area contributed by atoms with Crippen LogP contribution in [0.5, 0.6) is 0 Å². The molecule has 92 valence electrons. The molecule has 2 fully saturated rings. The second-order valence-electron chi connectivity index (χ2n) is 4.71. The van der Waals surface area contributed by atoms with Crippen LogP contribution in [-0.2, 0) is 4.74 Å². The van der Waals surface area contributed by atoms with E-state index in [0.29, 0.717) is 34.0 Å². The zero-order valence-electron chi connectivity index (χ0n) is 9.25. The molecule has 2 heterocycles. The summed E-state index contributed by atoms with van der Waals surface area (Å²) in [5.74, 6) is 0. The molecule has 3 nitrogen and oxygen atoms in total. The maximum absolute atomic E-state index is 5.99. The Balaban J connectivity index is 1.79. The van der Waals surface area contributed by atoms with Crippen molar-refractivity contribution >= 4 is 34.6 Å². The Bertz CT molecular complexity index is 452. The van der Waals surface area contributed by atoms with Crippen LogP contribution in [0.4, 0.5) is 11.4 Å². The molecule has 2 aliphatic heterocycles. The molecule has 0 saturated carbocycles. The molecule has 3 N–H and O–H groups in total. The van der Waals surface area contributed by atoms with Gasteiger partial charge in [-0.2, -0.15) is 0 Å². The van der Waals surface area contributed by atoms with Crippen molar-refractivity contribution in [3.63, 3.8) is 0 Å². The smallest absolute Gasteiger partial charge is 0.0781 e. The predicted octanol–water partition coefficient (Wildman–Crippen LogP) is 3.31. The Morgan fingerprint density at radius 1 is 1.24 bits per heavy atom. The van der Waals surface area contributed by atoms with Crippen LogP contribution in [0, 0.1) is 0 Å². The number of nitrogen functional groups attached to an aromatic ring is 1. The summed E-state index contributed by atoms with van der Waals surface area (Å²) in [5, 5.41) is 4.42. The molecule has 0 radical (unpaired) electrons. The van der Waals surface area contributed by atoms with Crippen molar-refractivity contribution in [2.24, 2.45) is 0 Å². The molecule has 0 aromatic heterocycles. The topological polar surface area (TPSA) is 47.3 Å². The molecule has 2 aliphatic rings. The minimum absolute atomic E-state index is 0.314. The number of halogens is 2. The first-order chi connectivity index (χ1) is 8.13. The second-order valence-corrected chi connectivity index (χ2v) is 5.53. The van der Waals surface area contributed by atoms with Crippen LogP contribution in [0.1, 0.15) is 19.3 Å². The van der Waals surface area contributed by atoms with E-state index in [1.165, 1.54) is 6.42 Å². The van der Waals surface area contributed by atoms with Gasteiger partial charge in [0.15, 0.2) is 0 Å². The molecule has 5 heteroatoms. The molecule has 0 aliphatic carbocycles. The number of nitrogens with one attached hydrogen (secondary N) is 1. The number of hydrogen-bond donors (Lipinski definition) is 2. The van der Waals surface area contributed by atoms with Crippen LogP contribution in [0.25, 0.3) is 0 Å². The summed E-state index contributed by atoms with van der Waals surface area (Å²) >= 11 is 11.9. The van der Waals surface area contributed by atoms with Gasteiger partial charge in [0, 0.05) is 0 Å². The molecule has 3 unspecified atom stereocenters. The van der Waals surface area contributed by atoms with Crippen molar-refractivity contribution in [2.75, 3.05) is 11.1 Å². The Morgan fingerprint density at radius 2 is 2.00 bits per heavy atom. The lowest BCUT2D eigenvalue weighted by molar-refractivity contribution is 0.102. The van der Waals surface area contributed by atoms with Gasteiger partial charge in [0.2, 0.25) is 0 Å². The second kappa shape index (κ2) is 4.23. The SMILES string of the molecule is Nc1cc(Cl)c(Cl)cc1NC1CC2CCC1O2. The first-order valence-electron chi connectivity index (χ1n) is 5.80. The lowest BCUT2D eigenvalue weighted by Crippen LogP contribution is -2.30. The number of fused-ring (bicyclic) bond motifs is 2. The van der Waals surface area contributed by atoms with Gasteiger partial charge in [-0.15, -0.1) is 0 Å². The van der Waals surface area contributed by atoms with Crippen molar-refractivity contribution in [3.05, 3.63) is 22.2 Å². The Hall–Kier alpha value is -0.640. The predicted molar refractivity (Wildman–Crippen MR) is 70.8 cm³/mol. The van der Waals surface area contributed by atoms with E-state index in [1.54, 1.807) is 12.1 Å². The normalized spacial score (nSPS) is 30.8. The van der Waals surface area contributed by atoms with E-state index in [2.05, 4.69) is 5.32 Å². The van der Waals surface area contributed by atoms with E-state index >= 15 is 0 Å². The number of ether oxygens (including phenoxy) is 1. The third-order valence-corrected chi connectivity index (χ3v) is 4.26. The molecule has 3 rings (SSSR count). The Labute approximate surface area is 110 Å². The monoisotopic (exact) mass is 272 g/mol. The van der Waals surface area contributed by atoms with Crippen LogP contribution in [0.3, 0.4) is 0 Å². The van der Waals surface area contributed by atoms with Crippen molar-refractivity contribution in [3.8, 4) is 0 Å². The average Bonchev–Trinajstić information content (AvgIpc) is 2.87. The summed E-state index contributed by atoms with van der Waals surface area (Å²) in [6.45, 7) is 0. The molecule has 1 aromatic carbocycles. The van der Waals surface area contributed by atoms with Gasteiger partial charge < -0.3 is 15.8 Å². The fraction of sp³-hybridized carbons (Fsp3) is 0.500. The molecule has 1 aromatic rings. The third kappa shape index (κ3) is 2.07. The highest BCUT2D eigenvalue weighted by molar-refractivity contribution is 6.42. The van der Waals surface area contributed by atoms with E-state index in [4.69, 9.17) is 33.7 Å². The van der Waals surface area contributed by atoms with Crippen LogP contribution in [-0.4, -0.2) is 18.2 Å². The number of hydrogen-bond acceptors (Lipinski definition) is 3. The number of nitrogens with two attached hydrogens (primary N) is 1. The molecular formula is C12H14Cl2N2O. The highest BCUT2D eigenvalue weighted by Crippen LogP contribution is 2.38. The fourth-order valence-electron chi connectivity index (χ4n) is 2.68. The molecular weight excluding hydrogens is 259 g/mol. The summed E-state index contributed by atoms with van der Waals surface area (Å²) in [4.78, 5) is 0. The maximum atomic E-state index is 5.99. The lowest BCUT2D eigenvalue weighted by Gasteiger charge is -2.22. The average molecular weight is 273 g/mol. The highest BCUT2D eigenvalue weighted by Gasteiger charge is 2.40. The number of rotatable bonds is 2. The highest BCUT2D eigenvalue weighted by atomic mass is 35.5. The zero-order chi connectivity index (χ0) is 12.0. The summed E-state index contributed by atoms with van der Waals surface area (Å²) in [6, 6.07) is 3.80. The van der Waals surface area contributed by atoms with Crippen LogP contribution in [0.2, 0.25) is 10.0 Å². The van der Waals surface area contributed by atoms with Crippen LogP contribution >= 0.6 is 23.2 Å². The minimum atomic E-state index is 0.314. The number of benzene rings is 1. The van der Waals surface area contributed by atoms with E-state index in [-0.39, 0.29) is 0 Å². The Kier molecular flexibility index (Phi) is 2.85. The molecule has 17 heavy (non-hydrogen) atoms. The summed E-state index contributed by atoms with van der Waals surface area (Å²) in [5.41, 5.74) is 7.39. The number of anilines is 2. The van der Waals surface area contributed by atoms with E-state index < -0.39 is 0 Å². The molecule has 0 spiro atoms. The van der Waals surface area contributed by atoms with E-state index in [1.807, 2.05) is 0 Å². The van der Waals surface area contributed by atoms with Gasteiger partial charge in [0.25, 0.3) is 0 Å². The van der Waals surface area contributed by atoms with Gasteiger partial charge in [0.05, 0.1) is 39.7 Å². The molecule has 2 saturated heterocycles. The molecule has 0 amide bonds. The van der Waals surface area contributed by atoms with E-state index in [0.717, 1.165) is 18.5 Å². The third-order valence-electron chi connectivity index (χ3n) is 3.54. The quantitative estimate of drug-likeness (QED) is 0.813. The van der Waals surface area contributed by atoms with Crippen molar-refractivity contribution in [2.45, 2.75) is 37.5 Å². The maximum Gasteiger partial charge on any atom is 0.0781 e. The van der Waals surface area contributed by atoms with Gasteiger partial charge in [-0.05, 0) is 31.4 Å². The van der Waals surface area contributed by atoms with Crippen molar-refractivity contribution in [1.82, 2.24) is 0 Å². The largest absolute Gasteiger partial charge is 0.397 e. The van der Waals surface area contributed by atoms with Crippen LogP contribution < -0.4 is 11.1 Å². The first kappa shape index (κ1) is 11.5. The van der Waals surface area contributed by atoms with Crippen molar-refractivity contribution < 1.29 is 4.74 Å². The van der Waals surface area contributed by atoms with Gasteiger partial charge in [-0.1, -0.05) is 23.2 Å². The van der Waals surface area contributed by atoms with Gasteiger partial charge >= 0.3 is 0 Å². The summed E-state index contributed by atoms with van der Waals surface area (Å²) in [6.07, 6.45) is 4.09. The summed E-state index contributed by atoms with van der Waals surface area (Å²) < 4.78 is 5.79. The fourth-order valence-corrected chi connectivity index (χ4v) is 3.01. The first-order valence-corrected chi connectivity index (χ1v) is 6.55.